The topological polar surface area (TPSA) is 115 Å². The fourth-order valence-electron chi connectivity index (χ4n) is 3.15. The van der Waals surface area contributed by atoms with Crippen molar-refractivity contribution in [2.75, 3.05) is 7.11 Å². The van der Waals surface area contributed by atoms with Gasteiger partial charge >= 0.3 is 11.9 Å². The minimum Gasteiger partial charge on any atom is -0.481 e. The average molecular weight is 329 g/mol. The van der Waals surface area contributed by atoms with E-state index in [4.69, 9.17) is 9.37 Å². The number of nitrogens with zero attached hydrogens (tertiary/aromatic N) is 3. The number of carbonyl (C=O) groups is 2. The first-order chi connectivity index (χ1) is 11.5. The Kier molecular flexibility index (Phi) is 3.88. The van der Waals surface area contributed by atoms with E-state index in [-0.39, 0.29) is 5.57 Å². The van der Waals surface area contributed by atoms with Gasteiger partial charge in [0.1, 0.15) is 17.0 Å². The van der Waals surface area contributed by atoms with Crippen LogP contribution in [-0.2, 0) is 14.3 Å². The smallest absolute Gasteiger partial charge is 0.336 e. The number of esters is 1. The zero-order valence-electron chi connectivity index (χ0n) is 13.3. The lowest BCUT2D eigenvalue weighted by Gasteiger charge is -2.30. The Morgan fingerprint density at radius 3 is 2.67 bits per heavy atom. The number of carbonyl (C=O) groups excluding carboxylic acids is 1. The van der Waals surface area contributed by atoms with Gasteiger partial charge in [-0.1, -0.05) is 12.1 Å². The molecular weight excluding hydrogens is 314 g/mol. The van der Waals surface area contributed by atoms with Gasteiger partial charge in [0.2, 0.25) is 0 Å². The highest BCUT2D eigenvalue weighted by Gasteiger charge is 2.42. The summed E-state index contributed by atoms with van der Waals surface area (Å²) in [5.41, 5.74) is 2.47. The summed E-state index contributed by atoms with van der Waals surface area (Å²) in [4.78, 5) is 28.4. The molecule has 1 aromatic carbocycles. The Morgan fingerprint density at radius 2 is 2.00 bits per heavy atom. The number of aromatic nitrogens is 2. The molecule has 0 saturated heterocycles. The van der Waals surface area contributed by atoms with E-state index < -0.39 is 23.8 Å². The lowest BCUT2D eigenvalue weighted by Crippen LogP contribution is -2.35. The predicted molar refractivity (Wildman–Crippen MR) is 83.5 cm³/mol. The summed E-state index contributed by atoms with van der Waals surface area (Å²) in [6.07, 6.45) is 0. The molecule has 1 aliphatic heterocycles. The third-order valence-electron chi connectivity index (χ3n) is 4.15. The molecule has 1 aromatic heterocycles. The van der Waals surface area contributed by atoms with E-state index in [0.717, 1.165) is 0 Å². The van der Waals surface area contributed by atoms with Crippen LogP contribution in [0.3, 0.4) is 0 Å². The molecule has 0 bridgehead atoms. The normalized spacial score (nSPS) is 20.9. The summed E-state index contributed by atoms with van der Waals surface area (Å²) in [5, 5.41) is 17.3. The van der Waals surface area contributed by atoms with Gasteiger partial charge in [-0.05, 0) is 35.8 Å². The minimum absolute atomic E-state index is 0.200. The number of carboxylic acid groups (broad SMARTS) is 1. The Labute approximate surface area is 136 Å². The van der Waals surface area contributed by atoms with Crippen LogP contribution in [0.4, 0.5) is 0 Å². The maximum absolute atomic E-state index is 12.3. The second-order valence-corrected chi connectivity index (χ2v) is 5.52. The first-order valence-electron chi connectivity index (χ1n) is 7.24. The van der Waals surface area contributed by atoms with Crippen LogP contribution < -0.4 is 0 Å². The number of rotatable bonds is 3. The number of allylic oxidation sites excluding steroid dienone is 1. The Morgan fingerprint density at radius 1 is 1.25 bits per heavy atom. The number of ether oxygens (including phenoxy) is 1. The van der Waals surface area contributed by atoms with E-state index in [9.17, 15) is 14.7 Å². The standard InChI is InChI=1S/C16H15N3O5/c1-7-11(15(20)21)13(12(8(2)17-7)16(22)23-3)9-5-4-6-10-14(9)19-24-18-10/h4-6,11,13H,1-3H3,(H,20,21). The van der Waals surface area contributed by atoms with Gasteiger partial charge in [0.15, 0.2) is 0 Å². The average Bonchev–Trinajstić information content (AvgIpc) is 3.01. The molecule has 2 unspecified atom stereocenters. The minimum atomic E-state index is -1.08. The summed E-state index contributed by atoms with van der Waals surface area (Å²) < 4.78 is 9.61. The van der Waals surface area contributed by atoms with Crippen LogP contribution in [0.2, 0.25) is 0 Å². The summed E-state index contributed by atoms with van der Waals surface area (Å²) >= 11 is 0. The van der Waals surface area contributed by atoms with Crippen LogP contribution in [0.5, 0.6) is 0 Å². The Bertz CT molecular complexity index is 896. The number of fused-ring (bicyclic) bond motifs is 1. The second-order valence-electron chi connectivity index (χ2n) is 5.52. The van der Waals surface area contributed by atoms with Crippen molar-refractivity contribution in [3.63, 3.8) is 0 Å². The number of aliphatic carboxylic acids is 1. The number of benzene rings is 1. The van der Waals surface area contributed by atoms with Crippen LogP contribution in [0, 0.1) is 5.92 Å². The SMILES string of the molecule is COC(=O)C1=C(C)N=C(C)C(C(=O)O)C1c1cccc2nonc12. The van der Waals surface area contributed by atoms with Crippen molar-refractivity contribution in [3.8, 4) is 0 Å². The van der Waals surface area contributed by atoms with Gasteiger partial charge in [-0.25, -0.2) is 9.42 Å². The zero-order chi connectivity index (χ0) is 17.4. The molecule has 2 heterocycles. The van der Waals surface area contributed by atoms with Crippen molar-refractivity contribution in [1.82, 2.24) is 10.3 Å². The maximum atomic E-state index is 12.3. The van der Waals surface area contributed by atoms with Crippen molar-refractivity contribution >= 4 is 28.7 Å². The summed E-state index contributed by atoms with van der Waals surface area (Å²) in [7, 11) is 1.25. The second kappa shape index (κ2) is 5.88. The van der Waals surface area contributed by atoms with Gasteiger partial charge in [-0.15, -0.1) is 0 Å². The van der Waals surface area contributed by atoms with Gasteiger partial charge in [0.25, 0.3) is 0 Å². The molecule has 0 radical (unpaired) electrons. The highest BCUT2D eigenvalue weighted by atomic mass is 16.6. The van der Waals surface area contributed by atoms with Crippen LogP contribution >= 0.6 is 0 Å². The Hall–Kier alpha value is -3.03. The van der Waals surface area contributed by atoms with E-state index in [2.05, 4.69) is 15.3 Å². The molecule has 2 aromatic rings. The van der Waals surface area contributed by atoms with Crippen molar-refractivity contribution in [3.05, 3.63) is 35.0 Å². The number of methoxy groups -OCH3 is 1. The molecule has 1 aliphatic rings. The third-order valence-corrected chi connectivity index (χ3v) is 4.15. The largest absolute Gasteiger partial charge is 0.481 e. The quantitative estimate of drug-likeness (QED) is 0.855. The van der Waals surface area contributed by atoms with E-state index in [1.54, 1.807) is 32.0 Å². The molecular formula is C16H15N3O5. The molecule has 0 spiro atoms. The molecule has 8 nitrogen and oxygen atoms in total. The molecule has 0 fully saturated rings. The molecule has 24 heavy (non-hydrogen) atoms. The van der Waals surface area contributed by atoms with Crippen molar-refractivity contribution in [1.29, 1.82) is 0 Å². The first-order valence-corrected chi connectivity index (χ1v) is 7.24. The highest BCUT2D eigenvalue weighted by molar-refractivity contribution is 6.07. The fourth-order valence-corrected chi connectivity index (χ4v) is 3.15. The van der Waals surface area contributed by atoms with E-state index in [0.29, 0.717) is 28.0 Å². The van der Waals surface area contributed by atoms with Gasteiger partial charge < -0.3 is 9.84 Å². The monoisotopic (exact) mass is 329 g/mol. The van der Waals surface area contributed by atoms with Crippen molar-refractivity contribution < 1.29 is 24.1 Å². The van der Waals surface area contributed by atoms with Crippen LogP contribution in [0.25, 0.3) is 11.0 Å². The summed E-state index contributed by atoms with van der Waals surface area (Å²) in [6.45, 7) is 3.28. The fraction of sp³-hybridized carbons (Fsp3) is 0.312. The molecule has 0 saturated carbocycles. The zero-order valence-corrected chi connectivity index (χ0v) is 13.3. The number of hydrogen-bond acceptors (Lipinski definition) is 7. The lowest BCUT2D eigenvalue weighted by molar-refractivity contribution is -0.140. The van der Waals surface area contributed by atoms with E-state index >= 15 is 0 Å². The molecule has 8 heteroatoms. The summed E-state index contributed by atoms with van der Waals surface area (Å²) in [6, 6.07) is 5.12. The van der Waals surface area contributed by atoms with Crippen LogP contribution in [0.15, 0.2) is 39.1 Å². The third kappa shape index (κ3) is 2.36. The van der Waals surface area contributed by atoms with Crippen LogP contribution in [0.1, 0.15) is 25.3 Å². The van der Waals surface area contributed by atoms with Gasteiger partial charge in [0, 0.05) is 17.3 Å². The van der Waals surface area contributed by atoms with Gasteiger partial charge in [0.05, 0.1) is 12.7 Å². The van der Waals surface area contributed by atoms with Crippen molar-refractivity contribution in [2.24, 2.45) is 10.9 Å². The van der Waals surface area contributed by atoms with E-state index in [1.165, 1.54) is 7.11 Å². The van der Waals surface area contributed by atoms with Crippen molar-refractivity contribution in [2.45, 2.75) is 19.8 Å². The van der Waals surface area contributed by atoms with Crippen LogP contribution in [-0.4, -0.2) is 40.2 Å². The lowest BCUT2D eigenvalue weighted by atomic mass is 9.75. The predicted octanol–water partition coefficient (Wildman–Crippen LogP) is 1.93. The molecule has 0 aliphatic carbocycles. The van der Waals surface area contributed by atoms with Gasteiger partial charge in [-0.3, -0.25) is 9.79 Å². The number of hydrogen-bond donors (Lipinski definition) is 1. The number of carboxylic acids is 1. The maximum Gasteiger partial charge on any atom is 0.336 e. The molecule has 124 valence electrons. The molecule has 3 rings (SSSR count). The van der Waals surface area contributed by atoms with Gasteiger partial charge in [-0.2, -0.15) is 0 Å². The highest BCUT2D eigenvalue weighted by Crippen LogP contribution is 2.41. The Balaban J connectivity index is 2.30. The molecule has 2 atom stereocenters. The first kappa shape index (κ1) is 15.9. The summed E-state index contributed by atoms with van der Waals surface area (Å²) in [5.74, 6) is -3.50. The molecule has 0 amide bonds. The number of aliphatic imine (C=N–C) groups is 1. The molecule has 1 N–H and O–H groups in total. The van der Waals surface area contributed by atoms with E-state index in [1.807, 2.05) is 0 Å².